The molecule has 0 spiro atoms. The maximum atomic E-state index is 6.46. The molecule has 0 radical (unpaired) electrons. The van der Waals surface area contributed by atoms with Crippen LogP contribution in [0.4, 0.5) is 0 Å². The number of hydrogen-bond donors (Lipinski definition) is 0. The van der Waals surface area contributed by atoms with Crippen LogP contribution in [0.1, 0.15) is 0 Å². The third-order valence-electron chi connectivity index (χ3n) is 21.6. The number of aromatic nitrogens is 2. The molecular formula is C100H62N2O2. The normalized spacial score (nSPS) is 11.8. The lowest BCUT2D eigenvalue weighted by Crippen LogP contribution is -1.95. The SMILES string of the molecule is c1ccc(-c2ccc(-c3c4ccccc4c(-c4ccc(-n5c6ccccc6c6cc(-c7cccc8c7oc7ccccc78)ccc65)cc4)c4ccccc34)cc2)cc1.c1ccc2c(-c3ccc(-n4c5ccccc5c5cc(-c6cccc7c6oc6ccccc67)ccc54)cc3)c3ccccc3cc2c1. The minimum atomic E-state index is 0.914. The van der Waals surface area contributed by atoms with Gasteiger partial charge in [0.2, 0.25) is 0 Å². The summed E-state index contributed by atoms with van der Waals surface area (Å²) in [5.41, 5.74) is 25.1. The molecule has 104 heavy (non-hydrogen) atoms. The number of benzene rings is 18. The zero-order chi connectivity index (χ0) is 68.3. The van der Waals surface area contributed by atoms with Crippen molar-refractivity contribution >= 4 is 131 Å². The summed E-state index contributed by atoms with van der Waals surface area (Å²) < 4.78 is 17.7. The zero-order valence-corrected chi connectivity index (χ0v) is 56.5. The zero-order valence-electron chi connectivity index (χ0n) is 56.5. The molecule has 0 amide bonds. The molecule has 22 aromatic rings. The van der Waals surface area contributed by atoms with E-state index in [1.807, 2.05) is 24.3 Å². The third-order valence-corrected chi connectivity index (χ3v) is 21.6. The number of nitrogens with zero attached hydrogens (tertiary/aromatic N) is 2. The first-order valence-electron chi connectivity index (χ1n) is 35.7. The lowest BCUT2D eigenvalue weighted by Gasteiger charge is -2.18. The smallest absolute Gasteiger partial charge is 0.143 e. The Morgan fingerprint density at radius 1 is 0.173 bits per heavy atom. The fourth-order valence-electron chi connectivity index (χ4n) is 16.9. The highest BCUT2D eigenvalue weighted by atomic mass is 16.3. The average molecular weight is 1320 g/mol. The van der Waals surface area contributed by atoms with Crippen LogP contribution in [-0.2, 0) is 0 Å². The van der Waals surface area contributed by atoms with E-state index in [-0.39, 0.29) is 0 Å². The van der Waals surface area contributed by atoms with Gasteiger partial charge in [-0.25, -0.2) is 0 Å². The Balaban J connectivity index is 0.000000138. The number of hydrogen-bond acceptors (Lipinski definition) is 2. The fraction of sp³-hybridized carbons (Fsp3) is 0. The molecular weight excluding hydrogens is 1260 g/mol. The van der Waals surface area contributed by atoms with E-state index in [0.717, 1.165) is 77.5 Å². The molecule has 0 aliphatic carbocycles. The molecule has 484 valence electrons. The minimum Gasteiger partial charge on any atom is -0.455 e. The second-order valence-electron chi connectivity index (χ2n) is 27.3. The van der Waals surface area contributed by atoms with Gasteiger partial charge in [0.1, 0.15) is 22.3 Å². The summed E-state index contributed by atoms with van der Waals surface area (Å²) in [4.78, 5) is 0. The van der Waals surface area contributed by atoms with Crippen molar-refractivity contribution in [2.75, 3.05) is 0 Å². The van der Waals surface area contributed by atoms with E-state index in [9.17, 15) is 0 Å². The van der Waals surface area contributed by atoms with E-state index in [4.69, 9.17) is 8.83 Å². The van der Waals surface area contributed by atoms with Gasteiger partial charge in [0.25, 0.3) is 0 Å². The van der Waals surface area contributed by atoms with Crippen LogP contribution in [0.25, 0.3) is 209 Å². The fourth-order valence-corrected chi connectivity index (χ4v) is 16.9. The second kappa shape index (κ2) is 24.0. The van der Waals surface area contributed by atoms with Crippen molar-refractivity contribution in [1.29, 1.82) is 0 Å². The van der Waals surface area contributed by atoms with Gasteiger partial charge in [-0.1, -0.05) is 297 Å². The number of furan rings is 2. The topological polar surface area (TPSA) is 36.1 Å². The number of fused-ring (bicyclic) bond motifs is 16. The van der Waals surface area contributed by atoms with Gasteiger partial charge < -0.3 is 18.0 Å². The molecule has 18 aromatic carbocycles. The van der Waals surface area contributed by atoms with Crippen molar-refractivity contribution < 1.29 is 8.83 Å². The van der Waals surface area contributed by atoms with Crippen LogP contribution in [0.15, 0.2) is 385 Å². The Hall–Kier alpha value is -13.8. The first kappa shape index (κ1) is 59.1. The Bertz CT molecular complexity index is 7080. The van der Waals surface area contributed by atoms with Gasteiger partial charge >= 0.3 is 0 Å². The maximum absolute atomic E-state index is 6.46. The third kappa shape index (κ3) is 9.46. The Kier molecular flexibility index (Phi) is 13.6. The molecule has 0 unspecified atom stereocenters. The Labute approximate surface area is 599 Å². The number of rotatable bonds is 8. The van der Waals surface area contributed by atoms with Crippen LogP contribution >= 0.6 is 0 Å². The van der Waals surface area contributed by atoms with Gasteiger partial charge in [-0.2, -0.15) is 0 Å². The van der Waals surface area contributed by atoms with E-state index in [0.29, 0.717) is 0 Å². The first-order valence-corrected chi connectivity index (χ1v) is 35.7. The lowest BCUT2D eigenvalue weighted by atomic mass is 9.85. The number of para-hydroxylation sites is 6. The second-order valence-corrected chi connectivity index (χ2v) is 27.3. The molecule has 22 rings (SSSR count). The van der Waals surface area contributed by atoms with Crippen molar-refractivity contribution in [3.63, 3.8) is 0 Å². The van der Waals surface area contributed by atoms with E-state index in [1.165, 1.54) is 131 Å². The molecule has 4 aromatic heterocycles. The lowest BCUT2D eigenvalue weighted by molar-refractivity contribution is 0.669. The van der Waals surface area contributed by atoms with Crippen molar-refractivity contribution in [1.82, 2.24) is 9.13 Å². The van der Waals surface area contributed by atoms with Crippen LogP contribution in [0, 0.1) is 0 Å². The summed E-state index contributed by atoms with van der Waals surface area (Å²) >= 11 is 0. The highest BCUT2D eigenvalue weighted by Gasteiger charge is 2.22. The van der Waals surface area contributed by atoms with Crippen molar-refractivity contribution in [2.24, 2.45) is 0 Å². The maximum Gasteiger partial charge on any atom is 0.143 e. The van der Waals surface area contributed by atoms with Crippen molar-refractivity contribution in [3.05, 3.63) is 376 Å². The summed E-state index contributed by atoms with van der Waals surface area (Å²) in [5, 5.41) is 19.6. The van der Waals surface area contributed by atoms with Crippen LogP contribution in [0.3, 0.4) is 0 Å². The van der Waals surface area contributed by atoms with Gasteiger partial charge in [-0.15, -0.1) is 0 Å². The van der Waals surface area contributed by atoms with Gasteiger partial charge in [0.05, 0.1) is 22.1 Å². The molecule has 0 bridgehead atoms. The quantitative estimate of drug-likeness (QED) is 0.142. The minimum absolute atomic E-state index is 0.914. The van der Waals surface area contributed by atoms with Crippen LogP contribution in [-0.4, -0.2) is 9.13 Å². The van der Waals surface area contributed by atoms with Gasteiger partial charge in [0, 0.05) is 65.6 Å². The van der Waals surface area contributed by atoms with Crippen LogP contribution in [0.2, 0.25) is 0 Å². The van der Waals surface area contributed by atoms with Crippen molar-refractivity contribution in [3.8, 4) is 78.1 Å². The van der Waals surface area contributed by atoms with E-state index < -0.39 is 0 Å². The van der Waals surface area contributed by atoms with E-state index >= 15 is 0 Å². The largest absolute Gasteiger partial charge is 0.455 e. The summed E-state index contributed by atoms with van der Waals surface area (Å²) in [6, 6.07) is 136. The van der Waals surface area contributed by atoms with Gasteiger partial charge in [-0.3, -0.25) is 0 Å². The molecule has 0 aliphatic rings. The van der Waals surface area contributed by atoms with Gasteiger partial charge in [0.15, 0.2) is 0 Å². The summed E-state index contributed by atoms with van der Waals surface area (Å²) in [7, 11) is 0. The van der Waals surface area contributed by atoms with Gasteiger partial charge in [-0.05, 0) is 178 Å². The molecule has 4 heteroatoms. The first-order chi connectivity index (χ1) is 51.6. The summed E-state index contributed by atoms with van der Waals surface area (Å²) in [6.07, 6.45) is 0. The van der Waals surface area contributed by atoms with Crippen LogP contribution < -0.4 is 0 Å². The highest BCUT2D eigenvalue weighted by Crippen LogP contribution is 2.47. The predicted molar refractivity (Wildman–Crippen MR) is 439 cm³/mol. The van der Waals surface area contributed by atoms with E-state index in [2.05, 4.69) is 361 Å². The monoisotopic (exact) mass is 1320 g/mol. The predicted octanol–water partition coefficient (Wildman–Crippen LogP) is 28.0. The Morgan fingerprint density at radius 3 is 0.923 bits per heavy atom. The Morgan fingerprint density at radius 2 is 0.481 bits per heavy atom. The van der Waals surface area contributed by atoms with E-state index in [1.54, 1.807) is 0 Å². The molecule has 0 N–H and O–H groups in total. The summed E-state index contributed by atoms with van der Waals surface area (Å²) in [6.45, 7) is 0. The molecule has 0 fully saturated rings. The highest BCUT2D eigenvalue weighted by molar-refractivity contribution is 6.22. The summed E-state index contributed by atoms with van der Waals surface area (Å²) in [5.74, 6) is 0. The molecule has 0 aliphatic heterocycles. The average Bonchev–Trinajstić information content (AvgIpc) is 1.04. The molecule has 0 saturated heterocycles. The standard InChI is InChI=1S/C56H35NO.C44H27NO/c1-2-13-36(14-3-1)37-25-27-38(28-26-37)54-45-17-4-6-19-47(45)55(48-20-7-5-18-46(48)54)39-29-32-41(33-30-39)57-51-23-10-8-15-43(51)50-35-40(31-34-52(50)57)42-21-12-22-49-44-16-9-11-24-53(44)58-56(42)49;1-3-12-33-29(10-1)26-30-11-2-4-13-34(30)43(33)28-20-23-32(24-21-28)45-40-18-7-5-14-36(40)39-27-31(22-25-41(39)45)35-16-9-17-38-37-15-6-8-19-42(37)46-44(35)38/h1-35H;1-27H. The van der Waals surface area contributed by atoms with Crippen molar-refractivity contribution in [2.45, 2.75) is 0 Å². The van der Waals surface area contributed by atoms with Crippen LogP contribution in [0.5, 0.6) is 0 Å². The molecule has 0 saturated carbocycles. The molecule has 4 nitrogen and oxygen atoms in total. The molecule has 0 atom stereocenters. The molecule has 4 heterocycles.